The molecule has 3 aromatic rings. The smallest absolute Gasteiger partial charge is 0.270 e. The Bertz CT molecular complexity index is 1190. The van der Waals surface area contributed by atoms with Crippen LogP contribution in [0.4, 0.5) is 5.95 Å². The van der Waals surface area contributed by atoms with E-state index in [1.165, 1.54) is 0 Å². The van der Waals surface area contributed by atoms with Crippen LogP contribution in [-0.4, -0.2) is 22.8 Å². The van der Waals surface area contributed by atoms with Gasteiger partial charge in [-0.1, -0.05) is 42.5 Å². The molecule has 0 aliphatic rings. The lowest BCUT2D eigenvalue weighted by Gasteiger charge is -2.07. The lowest BCUT2D eigenvalue weighted by atomic mass is 10.1. The number of nitrogens with zero attached hydrogens (tertiary/aromatic N) is 4. The summed E-state index contributed by atoms with van der Waals surface area (Å²) in [7, 11) is 0. The molecule has 3 rings (SSSR count). The molecule has 31 heavy (non-hydrogen) atoms. The van der Waals surface area contributed by atoms with Crippen molar-refractivity contribution in [3.8, 4) is 29.1 Å². The van der Waals surface area contributed by atoms with Gasteiger partial charge in [-0.25, -0.2) is 10.4 Å². The quantitative estimate of drug-likeness (QED) is 0.312. The van der Waals surface area contributed by atoms with Crippen LogP contribution in [0, 0.1) is 22.7 Å². The maximum absolute atomic E-state index is 12.3. The highest BCUT2D eigenvalue weighted by Crippen LogP contribution is 2.19. The van der Waals surface area contributed by atoms with Gasteiger partial charge in [-0.05, 0) is 30.5 Å². The predicted molar refractivity (Wildman–Crippen MR) is 118 cm³/mol. The first-order valence-corrected chi connectivity index (χ1v) is 9.70. The second kappa shape index (κ2) is 10.9. The zero-order valence-corrected chi connectivity index (χ0v) is 16.7. The van der Waals surface area contributed by atoms with Gasteiger partial charge < -0.3 is 4.74 Å². The number of anilines is 1. The SMILES string of the molecule is N#CCCCCOc1cccc(C=NNc2nc(-c3ccccc3)c(C#N)c(=O)[nH]2)c1. The van der Waals surface area contributed by atoms with Gasteiger partial charge in [0, 0.05) is 12.0 Å². The van der Waals surface area contributed by atoms with E-state index in [2.05, 4.69) is 26.6 Å². The van der Waals surface area contributed by atoms with Crippen LogP contribution >= 0.6 is 0 Å². The molecule has 0 saturated heterocycles. The van der Waals surface area contributed by atoms with Crippen LogP contribution in [0.25, 0.3) is 11.3 Å². The molecule has 8 heteroatoms. The highest BCUT2D eigenvalue weighted by molar-refractivity contribution is 5.80. The van der Waals surface area contributed by atoms with Crippen LogP contribution in [0.2, 0.25) is 0 Å². The number of ether oxygens (including phenoxy) is 1. The van der Waals surface area contributed by atoms with Gasteiger partial charge in [-0.15, -0.1) is 0 Å². The number of hydrogen-bond donors (Lipinski definition) is 2. The Morgan fingerprint density at radius 1 is 1.13 bits per heavy atom. The van der Waals surface area contributed by atoms with E-state index in [9.17, 15) is 10.1 Å². The zero-order chi connectivity index (χ0) is 21.9. The van der Waals surface area contributed by atoms with Crippen molar-refractivity contribution in [3.05, 3.63) is 76.1 Å². The first kappa shape index (κ1) is 21.3. The minimum absolute atomic E-state index is 0.0552. The number of benzene rings is 2. The summed E-state index contributed by atoms with van der Waals surface area (Å²) in [5, 5.41) is 22.0. The summed E-state index contributed by atoms with van der Waals surface area (Å²) in [6, 6.07) is 20.4. The van der Waals surface area contributed by atoms with Crippen molar-refractivity contribution >= 4 is 12.2 Å². The summed E-state index contributed by atoms with van der Waals surface area (Å²) in [5.41, 5.74) is 3.85. The van der Waals surface area contributed by atoms with E-state index in [-0.39, 0.29) is 17.2 Å². The first-order chi connectivity index (χ1) is 15.2. The number of aromatic nitrogens is 2. The Labute approximate surface area is 179 Å². The highest BCUT2D eigenvalue weighted by atomic mass is 16.5. The number of H-pyrrole nitrogens is 1. The molecule has 0 radical (unpaired) electrons. The van der Waals surface area contributed by atoms with Gasteiger partial charge in [0.05, 0.1) is 24.6 Å². The van der Waals surface area contributed by atoms with Gasteiger partial charge >= 0.3 is 0 Å². The number of nitriles is 2. The molecule has 0 aliphatic heterocycles. The van der Waals surface area contributed by atoms with E-state index in [1.807, 2.05) is 48.5 Å². The molecule has 0 atom stereocenters. The average molecular weight is 412 g/mol. The Balaban J connectivity index is 1.70. The molecule has 154 valence electrons. The molecule has 1 heterocycles. The molecule has 0 unspecified atom stereocenters. The van der Waals surface area contributed by atoms with E-state index >= 15 is 0 Å². The van der Waals surface area contributed by atoms with Crippen LogP contribution in [-0.2, 0) is 0 Å². The number of aromatic amines is 1. The van der Waals surface area contributed by atoms with Gasteiger partial charge in [-0.2, -0.15) is 15.6 Å². The third-order valence-electron chi connectivity index (χ3n) is 4.27. The largest absolute Gasteiger partial charge is 0.494 e. The van der Waals surface area contributed by atoms with E-state index < -0.39 is 5.56 Å². The van der Waals surface area contributed by atoms with Gasteiger partial charge in [0.1, 0.15) is 17.4 Å². The van der Waals surface area contributed by atoms with Crippen molar-refractivity contribution in [1.82, 2.24) is 9.97 Å². The Kier molecular flexibility index (Phi) is 7.51. The molecule has 2 N–H and O–H groups in total. The third kappa shape index (κ3) is 6.02. The lowest BCUT2D eigenvalue weighted by molar-refractivity contribution is 0.307. The fraction of sp³-hybridized carbons (Fsp3) is 0.174. The number of rotatable bonds is 9. The van der Waals surface area contributed by atoms with Crippen molar-refractivity contribution in [2.45, 2.75) is 19.3 Å². The molecular weight excluding hydrogens is 392 g/mol. The van der Waals surface area contributed by atoms with Crippen LogP contribution < -0.4 is 15.7 Å². The Morgan fingerprint density at radius 3 is 2.74 bits per heavy atom. The van der Waals surface area contributed by atoms with E-state index in [1.54, 1.807) is 18.3 Å². The Morgan fingerprint density at radius 2 is 1.97 bits per heavy atom. The average Bonchev–Trinajstić information content (AvgIpc) is 2.79. The third-order valence-corrected chi connectivity index (χ3v) is 4.27. The van der Waals surface area contributed by atoms with E-state index in [0.717, 1.165) is 18.4 Å². The first-order valence-electron chi connectivity index (χ1n) is 9.70. The number of hydrazone groups is 1. The van der Waals surface area contributed by atoms with Crippen LogP contribution in [0.3, 0.4) is 0 Å². The van der Waals surface area contributed by atoms with Gasteiger partial charge in [0.25, 0.3) is 5.56 Å². The van der Waals surface area contributed by atoms with Crippen LogP contribution in [0.5, 0.6) is 5.75 Å². The molecule has 0 bridgehead atoms. The standard InChI is InChI=1S/C23H20N6O2/c24-12-5-2-6-13-31-19-11-7-8-17(14-19)16-26-29-23-27-21(18-9-3-1-4-10-18)20(15-25)22(30)28-23/h1,3-4,7-11,14,16H,2,5-6,13H2,(H2,27,28,29,30). The lowest BCUT2D eigenvalue weighted by Crippen LogP contribution is -2.16. The topological polar surface area (TPSA) is 127 Å². The van der Waals surface area contributed by atoms with Crippen molar-refractivity contribution in [2.24, 2.45) is 5.10 Å². The maximum Gasteiger partial charge on any atom is 0.270 e. The van der Waals surface area contributed by atoms with Gasteiger partial charge in [0.15, 0.2) is 0 Å². The van der Waals surface area contributed by atoms with Crippen molar-refractivity contribution < 1.29 is 4.74 Å². The number of hydrogen-bond acceptors (Lipinski definition) is 7. The monoisotopic (exact) mass is 412 g/mol. The second-order valence-corrected chi connectivity index (χ2v) is 6.52. The van der Waals surface area contributed by atoms with E-state index in [0.29, 0.717) is 24.3 Å². The molecule has 0 spiro atoms. The van der Waals surface area contributed by atoms with Crippen molar-refractivity contribution in [3.63, 3.8) is 0 Å². The second-order valence-electron chi connectivity index (χ2n) is 6.52. The minimum atomic E-state index is -0.541. The minimum Gasteiger partial charge on any atom is -0.494 e. The summed E-state index contributed by atoms with van der Waals surface area (Å²) in [6.45, 7) is 0.541. The molecule has 0 aliphatic carbocycles. The molecule has 2 aromatic carbocycles. The fourth-order valence-electron chi connectivity index (χ4n) is 2.78. The van der Waals surface area contributed by atoms with Crippen LogP contribution in [0.1, 0.15) is 30.4 Å². The Hall–Kier alpha value is -4.43. The van der Waals surface area contributed by atoms with Crippen molar-refractivity contribution in [1.29, 1.82) is 10.5 Å². The molecular formula is C23H20N6O2. The molecule has 0 amide bonds. The van der Waals surface area contributed by atoms with Crippen LogP contribution in [0.15, 0.2) is 64.5 Å². The molecule has 8 nitrogen and oxygen atoms in total. The summed E-state index contributed by atoms with van der Waals surface area (Å²) in [6.07, 6.45) is 3.72. The zero-order valence-electron chi connectivity index (χ0n) is 16.7. The molecule has 0 fully saturated rings. The van der Waals surface area contributed by atoms with Gasteiger partial charge in [0.2, 0.25) is 5.95 Å². The van der Waals surface area contributed by atoms with E-state index in [4.69, 9.17) is 10.00 Å². The predicted octanol–water partition coefficient (Wildman–Crippen LogP) is 3.83. The molecule has 0 saturated carbocycles. The normalized spacial score (nSPS) is 10.4. The summed E-state index contributed by atoms with van der Waals surface area (Å²) in [4.78, 5) is 19.1. The van der Waals surface area contributed by atoms with Crippen molar-refractivity contribution in [2.75, 3.05) is 12.0 Å². The fourth-order valence-corrected chi connectivity index (χ4v) is 2.78. The maximum atomic E-state index is 12.3. The number of unbranched alkanes of at least 4 members (excludes halogenated alkanes) is 2. The van der Waals surface area contributed by atoms with Gasteiger partial charge in [-0.3, -0.25) is 9.78 Å². The number of nitrogens with one attached hydrogen (secondary N) is 2. The highest BCUT2D eigenvalue weighted by Gasteiger charge is 2.12. The summed E-state index contributed by atoms with van der Waals surface area (Å²) in [5.74, 6) is 0.834. The summed E-state index contributed by atoms with van der Waals surface area (Å²) < 4.78 is 5.68. The summed E-state index contributed by atoms with van der Waals surface area (Å²) >= 11 is 0. The molecule has 1 aromatic heterocycles.